The van der Waals surface area contributed by atoms with Crippen LogP contribution in [0.15, 0.2) is 12.1 Å². The molecule has 1 aromatic rings. The van der Waals surface area contributed by atoms with Crippen LogP contribution in [0.2, 0.25) is 0 Å². The standard InChI is InChI=1S/C15H20N2O/c1-9-6-10(2)13-12(7-9)17-15(18)14(13)16-8-11-4-3-5-11/h6-7,11,14,16H,3-5,8H2,1-2H3,(H,17,18). The maximum atomic E-state index is 12.0. The van der Waals surface area contributed by atoms with Gasteiger partial charge < -0.3 is 10.6 Å². The van der Waals surface area contributed by atoms with E-state index in [9.17, 15) is 4.79 Å². The maximum absolute atomic E-state index is 12.0. The van der Waals surface area contributed by atoms with E-state index >= 15 is 0 Å². The summed E-state index contributed by atoms with van der Waals surface area (Å²) >= 11 is 0. The largest absolute Gasteiger partial charge is 0.324 e. The third-order valence-electron chi connectivity index (χ3n) is 4.18. The van der Waals surface area contributed by atoms with Gasteiger partial charge in [-0.1, -0.05) is 12.5 Å². The zero-order valence-corrected chi connectivity index (χ0v) is 11.0. The van der Waals surface area contributed by atoms with E-state index in [4.69, 9.17) is 0 Å². The summed E-state index contributed by atoms with van der Waals surface area (Å²) in [4.78, 5) is 12.0. The van der Waals surface area contributed by atoms with Gasteiger partial charge >= 0.3 is 0 Å². The summed E-state index contributed by atoms with van der Waals surface area (Å²) in [5, 5.41) is 6.43. The molecule has 1 fully saturated rings. The molecule has 1 unspecified atom stereocenters. The monoisotopic (exact) mass is 244 g/mol. The summed E-state index contributed by atoms with van der Waals surface area (Å²) in [5.74, 6) is 0.866. The molecule has 1 saturated carbocycles. The molecule has 1 aliphatic heterocycles. The van der Waals surface area contributed by atoms with Crippen LogP contribution in [0, 0.1) is 19.8 Å². The Bertz CT molecular complexity index is 492. The third kappa shape index (κ3) is 1.93. The smallest absolute Gasteiger partial charge is 0.246 e. The van der Waals surface area contributed by atoms with Gasteiger partial charge in [-0.25, -0.2) is 0 Å². The number of fused-ring (bicyclic) bond motifs is 1. The van der Waals surface area contributed by atoms with E-state index in [-0.39, 0.29) is 11.9 Å². The zero-order chi connectivity index (χ0) is 12.7. The van der Waals surface area contributed by atoms with E-state index in [1.807, 2.05) is 0 Å². The fourth-order valence-corrected chi connectivity index (χ4v) is 2.98. The molecule has 0 saturated heterocycles. The van der Waals surface area contributed by atoms with E-state index in [1.165, 1.54) is 30.4 Å². The number of rotatable bonds is 3. The van der Waals surface area contributed by atoms with Gasteiger partial charge in [0.2, 0.25) is 5.91 Å². The molecule has 0 radical (unpaired) electrons. The van der Waals surface area contributed by atoms with Crippen LogP contribution in [-0.2, 0) is 4.79 Å². The highest BCUT2D eigenvalue weighted by Gasteiger charge is 2.32. The van der Waals surface area contributed by atoms with Crippen molar-refractivity contribution in [1.29, 1.82) is 0 Å². The fraction of sp³-hybridized carbons (Fsp3) is 0.533. The summed E-state index contributed by atoms with van der Waals surface area (Å²) in [6, 6.07) is 4.06. The highest BCUT2D eigenvalue weighted by Crippen LogP contribution is 2.35. The average Bonchev–Trinajstić information content (AvgIpc) is 2.52. The molecule has 1 atom stereocenters. The lowest BCUT2D eigenvalue weighted by Crippen LogP contribution is -2.34. The normalized spacial score (nSPS) is 22.6. The van der Waals surface area contributed by atoms with E-state index in [0.29, 0.717) is 0 Å². The van der Waals surface area contributed by atoms with Crippen molar-refractivity contribution in [3.05, 3.63) is 28.8 Å². The first-order chi connectivity index (χ1) is 8.65. The Morgan fingerprint density at radius 3 is 2.78 bits per heavy atom. The molecule has 0 spiro atoms. The number of hydrogen-bond donors (Lipinski definition) is 2. The maximum Gasteiger partial charge on any atom is 0.246 e. The van der Waals surface area contributed by atoms with Crippen LogP contribution in [0.3, 0.4) is 0 Å². The van der Waals surface area contributed by atoms with Crippen molar-refractivity contribution in [2.45, 2.75) is 39.2 Å². The van der Waals surface area contributed by atoms with Crippen LogP contribution in [-0.4, -0.2) is 12.5 Å². The lowest BCUT2D eigenvalue weighted by atomic mass is 9.85. The Balaban J connectivity index is 1.81. The second-order valence-electron chi connectivity index (χ2n) is 5.67. The van der Waals surface area contributed by atoms with Crippen molar-refractivity contribution in [3.8, 4) is 0 Å². The number of nitrogens with one attached hydrogen (secondary N) is 2. The molecular weight excluding hydrogens is 224 g/mol. The minimum Gasteiger partial charge on any atom is -0.324 e. The summed E-state index contributed by atoms with van der Waals surface area (Å²) in [5.41, 5.74) is 4.54. The highest BCUT2D eigenvalue weighted by atomic mass is 16.2. The molecule has 2 aliphatic rings. The molecular formula is C15H20N2O. The predicted octanol–water partition coefficient (Wildman–Crippen LogP) is 2.69. The lowest BCUT2D eigenvalue weighted by molar-refractivity contribution is -0.117. The van der Waals surface area contributed by atoms with E-state index < -0.39 is 0 Å². The molecule has 1 aromatic carbocycles. The first-order valence-electron chi connectivity index (χ1n) is 6.80. The second kappa shape index (κ2) is 4.39. The van der Waals surface area contributed by atoms with Gasteiger partial charge in [-0.3, -0.25) is 4.79 Å². The van der Waals surface area contributed by atoms with Crippen molar-refractivity contribution in [3.63, 3.8) is 0 Å². The molecule has 1 heterocycles. The van der Waals surface area contributed by atoms with Gasteiger partial charge in [0.15, 0.2) is 0 Å². The zero-order valence-electron chi connectivity index (χ0n) is 11.0. The molecule has 0 bridgehead atoms. The van der Waals surface area contributed by atoms with Crippen LogP contribution in [0.5, 0.6) is 0 Å². The SMILES string of the molecule is Cc1cc(C)c2c(c1)NC(=O)C2NCC1CCC1. The number of carbonyl (C=O) groups excluding carboxylic acids is 1. The quantitative estimate of drug-likeness (QED) is 0.858. The van der Waals surface area contributed by atoms with Gasteiger partial charge in [0.25, 0.3) is 0 Å². The van der Waals surface area contributed by atoms with Gasteiger partial charge in [0.05, 0.1) is 0 Å². The topological polar surface area (TPSA) is 41.1 Å². The summed E-state index contributed by atoms with van der Waals surface area (Å²) in [7, 11) is 0. The van der Waals surface area contributed by atoms with Crippen LogP contribution in [0.25, 0.3) is 0 Å². The van der Waals surface area contributed by atoms with Crippen molar-refractivity contribution in [1.82, 2.24) is 5.32 Å². The number of anilines is 1. The molecule has 1 aliphatic carbocycles. The molecule has 1 amide bonds. The summed E-state index contributed by atoms with van der Waals surface area (Å²) < 4.78 is 0. The Hall–Kier alpha value is -1.35. The van der Waals surface area contributed by atoms with Crippen molar-refractivity contribution in [2.75, 3.05) is 11.9 Å². The van der Waals surface area contributed by atoms with Crippen molar-refractivity contribution < 1.29 is 4.79 Å². The van der Waals surface area contributed by atoms with Gasteiger partial charge in [-0.15, -0.1) is 0 Å². The lowest BCUT2D eigenvalue weighted by Gasteiger charge is -2.27. The van der Waals surface area contributed by atoms with Crippen LogP contribution >= 0.6 is 0 Å². The van der Waals surface area contributed by atoms with E-state index in [0.717, 1.165) is 23.7 Å². The Morgan fingerprint density at radius 1 is 1.33 bits per heavy atom. The Morgan fingerprint density at radius 2 is 2.11 bits per heavy atom. The number of aryl methyl sites for hydroxylation is 2. The van der Waals surface area contributed by atoms with Crippen molar-refractivity contribution in [2.24, 2.45) is 5.92 Å². The average molecular weight is 244 g/mol. The van der Waals surface area contributed by atoms with Crippen LogP contribution in [0.4, 0.5) is 5.69 Å². The fourth-order valence-electron chi connectivity index (χ4n) is 2.98. The minimum atomic E-state index is -0.152. The summed E-state index contributed by atoms with van der Waals surface area (Å²) in [6.07, 6.45) is 3.96. The number of carbonyl (C=O) groups is 1. The van der Waals surface area contributed by atoms with Crippen LogP contribution < -0.4 is 10.6 Å². The van der Waals surface area contributed by atoms with E-state index in [2.05, 4.69) is 36.6 Å². The first-order valence-corrected chi connectivity index (χ1v) is 6.80. The predicted molar refractivity (Wildman–Crippen MR) is 72.6 cm³/mol. The summed E-state index contributed by atoms with van der Waals surface area (Å²) in [6.45, 7) is 5.11. The van der Waals surface area contributed by atoms with Crippen LogP contribution in [0.1, 0.15) is 42.0 Å². The highest BCUT2D eigenvalue weighted by molar-refractivity contribution is 6.03. The molecule has 2 N–H and O–H groups in total. The molecule has 3 nitrogen and oxygen atoms in total. The number of benzene rings is 1. The molecule has 18 heavy (non-hydrogen) atoms. The Kier molecular flexibility index (Phi) is 2.86. The number of hydrogen-bond acceptors (Lipinski definition) is 2. The molecule has 0 aromatic heterocycles. The first kappa shape index (κ1) is 11.7. The molecule has 3 rings (SSSR count). The third-order valence-corrected chi connectivity index (χ3v) is 4.18. The second-order valence-corrected chi connectivity index (χ2v) is 5.67. The minimum absolute atomic E-state index is 0.0954. The van der Waals surface area contributed by atoms with Gasteiger partial charge in [-0.2, -0.15) is 0 Å². The Labute approximate surface area is 108 Å². The van der Waals surface area contributed by atoms with Gasteiger partial charge in [0.1, 0.15) is 6.04 Å². The molecule has 3 heteroatoms. The van der Waals surface area contributed by atoms with Gasteiger partial charge in [-0.05, 0) is 56.3 Å². The number of amides is 1. The van der Waals surface area contributed by atoms with Crippen molar-refractivity contribution >= 4 is 11.6 Å². The van der Waals surface area contributed by atoms with Gasteiger partial charge in [0, 0.05) is 11.3 Å². The molecule has 96 valence electrons. The van der Waals surface area contributed by atoms with E-state index in [1.54, 1.807) is 0 Å².